The molecule has 1 aromatic carbocycles. The number of anilines is 1. The maximum Gasteiger partial charge on any atom is 0.223 e. The van der Waals surface area contributed by atoms with Crippen LogP contribution in [0.2, 0.25) is 5.02 Å². The summed E-state index contributed by atoms with van der Waals surface area (Å²) < 4.78 is 0. The van der Waals surface area contributed by atoms with E-state index in [0.29, 0.717) is 18.0 Å². The molecule has 0 aliphatic carbocycles. The maximum absolute atomic E-state index is 11.7. The van der Waals surface area contributed by atoms with E-state index >= 15 is 0 Å². The molecule has 0 saturated heterocycles. The Labute approximate surface area is 112 Å². The molecule has 0 spiro atoms. The lowest BCUT2D eigenvalue weighted by atomic mass is 9.80. The molecule has 4 heteroatoms. The SMILES string of the molecule is CC(=O)N1CC(C)(CCC#N)c2ccc(Cl)cc21. The molecule has 94 valence electrons. The normalized spacial score (nSPS) is 21.6. The van der Waals surface area contributed by atoms with Crippen molar-refractivity contribution in [2.75, 3.05) is 11.4 Å². The number of hydrogen-bond donors (Lipinski definition) is 0. The highest BCUT2D eigenvalue weighted by Crippen LogP contribution is 2.44. The molecule has 1 aliphatic heterocycles. The Bertz CT molecular complexity index is 535. The predicted molar refractivity (Wildman–Crippen MR) is 71.7 cm³/mol. The van der Waals surface area contributed by atoms with Crippen molar-refractivity contribution in [3.63, 3.8) is 0 Å². The Morgan fingerprint density at radius 2 is 2.33 bits per heavy atom. The van der Waals surface area contributed by atoms with Crippen molar-refractivity contribution in [2.24, 2.45) is 0 Å². The first-order chi connectivity index (χ1) is 8.48. The van der Waals surface area contributed by atoms with Crippen molar-refractivity contribution in [3.8, 4) is 6.07 Å². The molecular weight excluding hydrogens is 248 g/mol. The van der Waals surface area contributed by atoms with Gasteiger partial charge < -0.3 is 4.90 Å². The summed E-state index contributed by atoms with van der Waals surface area (Å²) in [7, 11) is 0. The molecule has 2 rings (SSSR count). The zero-order valence-electron chi connectivity index (χ0n) is 10.5. The minimum atomic E-state index is -0.151. The average Bonchev–Trinajstić information content (AvgIpc) is 2.61. The Hall–Kier alpha value is -1.53. The van der Waals surface area contributed by atoms with Crippen LogP contribution in [0.15, 0.2) is 18.2 Å². The third kappa shape index (κ3) is 2.09. The Morgan fingerprint density at radius 3 is 2.94 bits per heavy atom. The van der Waals surface area contributed by atoms with Crippen LogP contribution in [0.5, 0.6) is 0 Å². The maximum atomic E-state index is 11.7. The molecule has 1 atom stereocenters. The minimum absolute atomic E-state index is 0.0131. The summed E-state index contributed by atoms with van der Waals surface area (Å²) in [6, 6.07) is 7.82. The van der Waals surface area contributed by atoms with Crippen LogP contribution < -0.4 is 4.90 Å². The number of hydrogen-bond acceptors (Lipinski definition) is 2. The smallest absolute Gasteiger partial charge is 0.223 e. The van der Waals surface area contributed by atoms with Gasteiger partial charge in [-0.1, -0.05) is 24.6 Å². The summed E-state index contributed by atoms with van der Waals surface area (Å²) in [5.74, 6) is 0.0131. The van der Waals surface area contributed by atoms with Crippen LogP contribution >= 0.6 is 11.6 Å². The van der Waals surface area contributed by atoms with Gasteiger partial charge in [-0.25, -0.2) is 0 Å². The number of carbonyl (C=O) groups excluding carboxylic acids is 1. The van der Waals surface area contributed by atoms with Crippen molar-refractivity contribution in [1.82, 2.24) is 0 Å². The summed E-state index contributed by atoms with van der Waals surface area (Å²) in [5.41, 5.74) is 1.84. The van der Waals surface area contributed by atoms with Gasteiger partial charge in [-0.15, -0.1) is 0 Å². The fourth-order valence-electron chi connectivity index (χ4n) is 2.58. The number of nitriles is 1. The van der Waals surface area contributed by atoms with E-state index in [9.17, 15) is 4.79 Å². The summed E-state index contributed by atoms with van der Waals surface area (Å²) >= 11 is 6.00. The van der Waals surface area contributed by atoms with E-state index in [-0.39, 0.29) is 11.3 Å². The molecule has 1 heterocycles. The number of amides is 1. The molecule has 0 N–H and O–H groups in total. The summed E-state index contributed by atoms with van der Waals surface area (Å²) in [6.07, 6.45) is 1.24. The van der Waals surface area contributed by atoms with Crippen molar-refractivity contribution in [1.29, 1.82) is 5.26 Å². The van der Waals surface area contributed by atoms with Gasteiger partial charge in [-0.3, -0.25) is 4.79 Å². The predicted octanol–water partition coefficient (Wildman–Crippen LogP) is 3.27. The second-order valence-corrected chi connectivity index (χ2v) is 5.42. The van der Waals surface area contributed by atoms with E-state index in [4.69, 9.17) is 16.9 Å². The van der Waals surface area contributed by atoms with Crippen molar-refractivity contribution in [3.05, 3.63) is 28.8 Å². The van der Waals surface area contributed by atoms with Crippen LogP contribution in [0.4, 0.5) is 5.69 Å². The van der Waals surface area contributed by atoms with E-state index in [1.54, 1.807) is 11.8 Å². The fraction of sp³-hybridized carbons (Fsp3) is 0.429. The summed E-state index contributed by atoms with van der Waals surface area (Å²) in [4.78, 5) is 13.4. The molecular formula is C14H15ClN2O. The first-order valence-electron chi connectivity index (χ1n) is 5.93. The van der Waals surface area contributed by atoms with Crippen molar-refractivity contribution in [2.45, 2.75) is 32.1 Å². The monoisotopic (exact) mass is 262 g/mol. The molecule has 1 aliphatic rings. The lowest BCUT2D eigenvalue weighted by molar-refractivity contribution is -0.116. The van der Waals surface area contributed by atoms with Crippen LogP contribution in [0.25, 0.3) is 0 Å². The van der Waals surface area contributed by atoms with E-state index in [1.807, 2.05) is 18.2 Å². The average molecular weight is 263 g/mol. The first-order valence-corrected chi connectivity index (χ1v) is 6.31. The van der Waals surface area contributed by atoms with E-state index in [2.05, 4.69) is 13.0 Å². The molecule has 0 bridgehead atoms. The molecule has 1 amide bonds. The topological polar surface area (TPSA) is 44.1 Å². The summed E-state index contributed by atoms with van der Waals surface area (Å²) in [5, 5.41) is 9.39. The van der Waals surface area contributed by atoms with Gasteiger partial charge >= 0.3 is 0 Å². The van der Waals surface area contributed by atoms with E-state index in [1.165, 1.54) is 0 Å². The summed E-state index contributed by atoms with van der Waals surface area (Å²) in [6.45, 7) is 4.28. The number of nitrogens with zero attached hydrogens (tertiary/aromatic N) is 2. The molecule has 1 aromatic rings. The van der Waals surface area contributed by atoms with Gasteiger partial charge in [0.1, 0.15) is 0 Å². The van der Waals surface area contributed by atoms with Gasteiger partial charge in [0, 0.05) is 36.0 Å². The number of fused-ring (bicyclic) bond motifs is 1. The molecule has 0 aromatic heterocycles. The first kappa shape index (κ1) is 12.9. The standard InChI is InChI=1S/C14H15ClN2O/c1-10(18)17-9-14(2,6-3-7-16)12-5-4-11(15)8-13(12)17/h4-5,8H,3,6,9H2,1-2H3. The zero-order valence-corrected chi connectivity index (χ0v) is 11.3. The molecule has 0 fully saturated rings. The van der Waals surface area contributed by atoms with Gasteiger partial charge in [-0.05, 0) is 24.1 Å². The minimum Gasteiger partial charge on any atom is -0.311 e. The van der Waals surface area contributed by atoms with Crippen molar-refractivity contribution < 1.29 is 4.79 Å². The number of halogens is 1. The number of rotatable bonds is 2. The Kier molecular flexibility index (Phi) is 3.32. The molecule has 18 heavy (non-hydrogen) atoms. The van der Waals surface area contributed by atoms with Gasteiger partial charge in [0.25, 0.3) is 0 Å². The highest BCUT2D eigenvalue weighted by molar-refractivity contribution is 6.31. The lowest BCUT2D eigenvalue weighted by Gasteiger charge is -2.24. The van der Waals surface area contributed by atoms with Crippen LogP contribution in [0.3, 0.4) is 0 Å². The number of carbonyl (C=O) groups is 1. The number of benzene rings is 1. The largest absolute Gasteiger partial charge is 0.311 e. The van der Waals surface area contributed by atoms with Crippen molar-refractivity contribution >= 4 is 23.2 Å². The Morgan fingerprint density at radius 1 is 1.61 bits per heavy atom. The third-order valence-electron chi connectivity index (χ3n) is 3.58. The lowest BCUT2D eigenvalue weighted by Crippen LogP contribution is -2.33. The highest BCUT2D eigenvalue weighted by atomic mass is 35.5. The highest BCUT2D eigenvalue weighted by Gasteiger charge is 2.39. The van der Waals surface area contributed by atoms with E-state index < -0.39 is 0 Å². The van der Waals surface area contributed by atoms with Crippen LogP contribution in [0, 0.1) is 11.3 Å². The molecule has 3 nitrogen and oxygen atoms in total. The van der Waals surface area contributed by atoms with Crippen LogP contribution in [-0.2, 0) is 10.2 Å². The molecule has 0 radical (unpaired) electrons. The van der Waals surface area contributed by atoms with E-state index in [0.717, 1.165) is 17.7 Å². The third-order valence-corrected chi connectivity index (χ3v) is 3.81. The molecule has 1 unspecified atom stereocenters. The fourth-order valence-corrected chi connectivity index (χ4v) is 2.75. The van der Waals surface area contributed by atoms with Crippen LogP contribution in [0.1, 0.15) is 32.3 Å². The zero-order chi connectivity index (χ0) is 13.3. The van der Waals surface area contributed by atoms with Gasteiger partial charge in [-0.2, -0.15) is 5.26 Å². The van der Waals surface area contributed by atoms with Gasteiger partial charge in [0.2, 0.25) is 5.91 Å². The second kappa shape index (κ2) is 4.62. The quantitative estimate of drug-likeness (QED) is 0.821. The van der Waals surface area contributed by atoms with Gasteiger partial charge in [0.05, 0.1) is 6.07 Å². The molecule has 0 saturated carbocycles. The van der Waals surface area contributed by atoms with Gasteiger partial charge in [0.15, 0.2) is 0 Å². The second-order valence-electron chi connectivity index (χ2n) is 4.99. The van der Waals surface area contributed by atoms with Crippen LogP contribution in [-0.4, -0.2) is 12.5 Å². The Balaban J connectivity index is 2.46.